The molecule has 0 aromatic carbocycles. The van der Waals surface area contributed by atoms with Crippen LogP contribution in [0.1, 0.15) is 34.1 Å². The van der Waals surface area contributed by atoms with Gasteiger partial charge in [0.15, 0.2) is 6.10 Å². The molecule has 0 radical (unpaired) electrons. The molecule has 0 amide bonds. The maximum absolute atomic E-state index is 13.5. The van der Waals surface area contributed by atoms with E-state index in [1.54, 1.807) is 0 Å². The molecule has 0 N–H and O–H groups in total. The standard InChI is InChI=1S/C12H18F2O6/c1-7(15)19-6-5-8(16)20-9(11(2,3)4)12(13,14)10(17)18/h9H,5-6H2,1-4H3,(H,17,18)/p-1. The first kappa shape index (κ1) is 18.3. The number of hydrogen-bond acceptors (Lipinski definition) is 6. The predicted octanol–water partition coefficient (Wildman–Crippen LogP) is 0.283. The van der Waals surface area contributed by atoms with Crippen molar-refractivity contribution in [2.75, 3.05) is 6.61 Å². The molecule has 0 bridgehead atoms. The molecular weight excluding hydrogens is 278 g/mol. The van der Waals surface area contributed by atoms with Crippen LogP contribution in [0.15, 0.2) is 0 Å². The topological polar surface area (TPSA) is 92.7 Å². The van der Waals surface area contributed by atoms with E-state index in [9.17, 15) is 28.3 Å². The molecule has 1 atom stereocenters. The van der Waals surface area contributed by atoms with Crippen LogP contribution in [0.5, 0.6) is 0 Å². The zero-order valence-corrected chi connectivity index (χ0v) is 11.7. The fourth-order valence-corrected chi connectivity index (χ4v) is 1.37. The quantitative estimate of drug-likeness (QED) is 0.654. The van der Waals surface area contributed by atoms with Crippen molar-refractivity contribution in [3.05, 3.63) is 0 Å². The van der Waals surface area contributed by atoms with Crippen molar-refractivity contribution in [1.82, 2.24) is 0 Å². The average Bonchev–Trinajstić information content (AvgIpc) is 2.23. The molecule has 20 heavy (non-hydrogen) atoms. The van der Waals surface area contributed by atoms with Crippen LogP contribution in [-0.4, -0.2) is 36.5 Å². The van der Waals surface area contributed by atoms with Crippen molar-refractivity contribution in [2.24, 2.45) is 5.41 Å². The monoisotopic (exact) mass is 295 g/mol. The first-order valence-electron chi connectivity index (χ1n) is 5.81. The second kappa shape index (κ2) is 6.62. The molecule has 0 fully saturated rings. The molecule has 116 valence electrons. The normalized spacial score (nSPS) is 13.5. The number of carbonyl (C=O) groups is 3. The summed E-state index contributed by atoms with van der Waals surface area (Å²) in [4.78, 5) is 32.3. The van der Waals surface area contributed by atoms with Crippen molar-refractivity contribution in [1.29, 1.82) is 0 Å². The van der Waals surface area contributed by atoms with Gasteiger partial charge in [0, 0.05) is 12.3 Å². The molecule has 8 heteroatoms. The molecule has 0 rings (SSSR count). The maximum Gasteiger partial charge on any atom is 0.323 e. The fraction of sp³-hybridized carbons (Fsp3) is 0.750. The summed E-state index contributed by atoms with van der Waals surface area (Å²) < 4.78 is 36.0. The Balaban J connectivity index is 4.81. The lowest BCUT2D eigenvalue weighted by Gasteiger charge is -2.36. The van der Waals surface area contributed by atoms with Gasteiger partial charge in [0.1, 0.15) is 12.6 Å². The highest BCUT2D eigenvalue weighted by Crippen LogP contribution is 2.34. The van der Waals surface area contributed by atoms with Crippen LogP contribution >= 0.6 is 0 Å². The Kier molecular flexibility index (Phi) is 6.05. The Hall–Kier alpha value is -1.73. The number of esters is 2. The van der Waals surface area contributed by atoms with Crippen LogP contribution in [0.4, 0.5) is 8.78 Å². The van der Waals surface area contributed by atoms with Gasteiger partial charge in [-0.3, -0.25) is 9.59 Å². The lowest BCUT2D eigenvalue weighted by molar-refractivity contribution is -0.339. The first-order valence-corrected chi connectivity index (χ1v) is 5.81. The smallest absolute Gasteiger partial charge is 0.323 e. The van der Waals surface area contributed by atoms with Crippen molar-refractivity contribution < 1.29 is 37.7 Å². The molecule has 0 saturated carbocycles. The Labute approximate surface area is 115 Å². The van der Waals surface area contributed by atoms with E-state index in [4.69, 9.17) is 0 Å². The van der Waals surface area contributed by atoms with Gasteiger partial charge in [-0.05, 0) is 0 Å². The second-order valence-electron chi connectivity index (χ2n) is 5.24. The molecule has 0 aliphatic heterocycles. The Morgan fingerprint density at radius 1 is 1.20 bits per heavy atom. The van der Waals surface area contributed by atoms with Gasteiger partial charge < -0.3 is 19.4 Å². The maximum atomic E-state index is 13.5. The first-order chi connectivity index (χ1) is 8.89. The fourth-order valence-electron chi connectivity index (χ4n) is 1.37. The zero-order valence-electron chi connectivity index (χ0n) is 11.7. The van der Waals surface area contributed by atoms with Gasteiger partial charge in [-0.15, -0.1) is 0 Å². The molecular formula is C12H17F2O6-. The largest absolute Gasteiger partial charge is 0.544 e. The SMILES string of the molecule is CC(=O)OCCC(=O)OC(C(C)(C)C)C(F)(F)C(=O)[O-]. The van der Waals surface area contributed by atoms with Crippen LogP contribution in [0.3, 0.4) is 0 Å². The van der Waals surface area contributed by atoms with Crippen LogP contribution < -0.4 is 5.11 Å². The summed E-state index contributed by atoms with van der Waals surface area (Å²) in [5.41, 5.74) is -1.32. The molecule has 0 heterocycles. The van der Waals surface area contributed by atoms with E-state index in [2.05, 4.69) is 9.47 Å². The summed E-state index contributed by atoms with van der Waals surface area (Å²) in [5.74, 6) is -8.67. The van der Waals surface area contributed by atoms with Gasteiger partial charge in [0.05, 0.1) is 6.42 Å². The van der Waals surface area contributed by atoms with E-state index in [-0.39, 0.29) is 6.61 Å². The van der Waals surface area contributed by atoms with Crippen LogP contribution in [0.25, 0.3) is 0 Å². The molecule has 0 aromatic rings. The van der Waals surface area contributed by atoms with E-state index < -0.39 is 41.8 Å². The summed E-state index contributed by atoms with van der Waals surface area (Å²) >= 11 is 0. The highest BCUT2D eigenvalue weighted by Gasteiger charge is 2.50. The van der Waals surface area contributed by atoms with Crippen molar-refractivity contribution in [3.63, 3.8) is 0 Å². The Morgan fingerprint density at radius 3 is 2.05 bits per heavy atom. The van der Waals surface area contributed by atoms with E-state index in [0.29, 0.717) is 0 Å². The summed E-state index contributed by atoms with van der Waals surface area (Å²) in [7, 11) is 0. The van der Waals surface area contributed by atoms with Gasteiger partial charge in [-0.1, -0.05) is 20.8 Å². The van der Waals surface area contributed by atoms with Gasteiger partial charge in [-0.25, -0.2) is 0 Å². The molecule has 6 nitrogen and oxygen atoms in total. The molecule has 0 aliphatic rings. The van der Waals surface area contributed by atoms with Gasteiger partial charge >= 0.3 is 17.9 Å². The number of ether oxygens (including phenoxy) is 2. The van der Waals surface area contributed by atoms with Crippen LogP contribution in [-0.2, 0) is 23.9 Å². The lowest BCUT2D eigenvalue weighted by Crippen LogP contribution is -2.56. The lowest BCUT2D eigenvalue weighted by atomic mass is 9.85. The Bertz CT molecular complexity index is 386. The van der Waals surface area contributed by atoms with Crippen LogP contribution in [0.2, 0.25) is 0 Å². The van der Waals surface area contributed by atoms with E-state index in [1.165, 1.54) is 20.8 Å². The van der Waals surface area contributed by atoms with Crippen LogP contribution in [0, 0.1) is 5.41 Å². The number of alkyl halides is 2. The molecule has 1 unspecified atom stereocenters. The van der Waals surface area contributed by atoms with E-state index in [0.717, 1.165) is 6.92 Å². The third kappa shape index (κ3) is 5.50. The number of hydrogen-bond donors (Lipinski definition) is 0. The molecule has 0 aromatic heterocycles. The van der Waals surface area contributed by atoms with Gasteiger partial charge in [0.2, 0.25) is 0 Å². The highest BCUT2D eigenvalue weighted by molar-refractivity contribution is 5.76. The number of carbonyl (C=O) groups excluding carboxylic acids is 3. The average molecular weight is 295 g/mol. The summed E-state index contributed by atoms with van der Waals surface area (Å²) in [6, 6.07) is 0. The van der Waals surface area contributed by atoms with Crippen molar-refractivity contribution in [3.8, 4) is 0 Å². The minimum atomic E-state index is -4.32. The zero-order chi connectivity index (χ0) is 16.1. The summed E-state index contributed by atoms with van der Waals surface area (Å²) in [6.07, 6.45) is -2.64. The van der Waals surface area contributed by atoms with Crippen molar-refractivity contribution in [2.45, 2.75) is 46.1 Å². The highest BCUT2D eigenvalue weighted by atomic mass is 19.3. The van der Waals surface area contributed by atoms with E-state index in [1.807, 2.05) is 0 Å². The molecule has 0 spiro atoms. The second-order valence-corrected chi connectivity index (χ2v) is 5.24. The number of carboxylic acids is 1. The predicted molar refractivity (Wildman–Crippen MR) is 60.5 cm³/mol. The molecule has 0 saturated heterocycles. The third-order valence-corrected chi connectivity index (χ3v) is 2.25. The number of carboxylic acid groups (broad SMARTS) is 1. The van der Waals surface area contributed by atoms with E-state index >= 15 is 0 Å². The number of rotatable bonds is 6. The van der Waals surface area contributed by atoms with Crippen molar-refractivity contribution >= 4 is 17.9 Å². The summed E-state index contributed by atoms with van der Waals surface area (Å²) in [5, 5.41) is 10.5. The number of aliphatic carboxylic acids is 1. The Morgan fingerprint density at radius 2 is 1.70 bits per heavy atom. The summed E-state index contributed by atoms with van der Waals surface area (Å²) in [6.45, 7) is 4.69. The third-order valence-electron chi connectivity index (χ3n) is 2.25. The van der Waals surface area contributed by atoms with Gasteiger partial charge in [0.25, 0.3) is 0 Å². The van der Waals surface area contributed by atoms with Gasteiger partial charge in [-0.2, -0.15) is 8.78 Å². The molecule has 0 aliphatic carbocycles. The number of halogens is 2. The minimum Gasteiger partial charge on any atom is -0.544 e. The minimum absolute atomic E-state index is 0.331.